The first-order valence-electron chi connectivity index (χ1n) is 5.15. The first-order chi connectivity index (χ1) is 7.81. The van der Waals surface area contributed by atoms with Crippen LogP contribution in [0.2, 0.25) is 5.02 Å². The molecule has 2 rings (SSSR count). The summed E-state index contributed by atoms with van der Waals surface area (Å²) in [5.74, 6) is 0.809. The number of H-pyrrole nitrogens is 1. The number of aromatic nitrogens is 3. The quantitative estimate of drug-likeness (QED) is 0.856. The van der Waals surface area contributed by atoms with Crippen molar-refractivity contribution < 1.29 is 0 Å². The van der Waals surface area contributed by atoms with Crippen molar-refractivity contribution >= 4 is 11.6 Å². The molecule has 0 bridgehead atoms. The average Bonchev–Trinajstić information content (AvgIpc) is 2.81. The zero-order valence-corrected chi connectivity index (χ0v) is 9.70. The van der Waals surface area contributed by atoms with E-state index in [-0.39, 0.29) is 6.04 Å². The minimum Gasteiger partial charge on any atom is -0.304 e. The lowest BCUT2D eigenvalue weighted by Gasteiger charge is -2.15. The van der Waals surface area contributed by atoms with Crippen molar-refractivity contribution in [2.75, 3.05) is 6.54 Å². The Hall–Kier alpha value is -1.39. The van der Waals surface area contributed by atoms with E-state index < -0.39 is 0 Å². The van der Waals surface area contributed by atoms with Crippen LogP contribution in [0.15, 0.2) is 30.6 Å². The van der Waals surface area contributed by atoms with Gasteiger partial charge in [0.25, 0.3) is 0 Å². The van der Waals surface area contributed by atoms with Crippen LogP contribution in [-0.4, -0.2) is 21.7 Å². The Labute approximate surface area is 99.1 Å². The Morgan fingerprint density at radius 3 is 2.69 bits per heavy atom. The number of nitrogens with zero attached hydrogens (tertiary/aromatic N) is 2. The largest absolute Gasteiger partial charge is 0.304 e. The van der Waals surface area contributed by atoms with Crippen LogP contribution < -0.4 is 5.32 Å². The molecule has 16 heavy (non-hydrogen) atoms. The maximum Gasteiger partial charge on any atom is 0.145 e. The molecule has 0 amide bonds. The van der Waals surface area contributed by atoms with Crippen molar-refractivity contribution in [1.82, 2.24) is 20.5 Å². The molecule has 0 aliphatic rings. The van der Waals surface area contributed by atoms with E-state index in [0.717, 1.165) is 23.0 Å². The minimum absolute atomic E-state index is 0.0322. The van der Waals surface area contributed by atoms with E-state index in [9.17, 15) is 0 Å². The van der Waals surface area contributed by atoms with Gasteiger partial charge in [0.15, 0.2) is 0 Å². The first-order valence-corrected chi connectivity index (χ1v) is 5.53. The Balaban J connectivity index is 2.29. The van der Waals surface area contributed by atoms with Crippen molar-refractivity contribution in [1.29, 1.82) is 0 Å². The zero-order chi connectivity index (χ0) is 11.4. The Morgan fingerprint density at radius 1 is 1.38 bits per heavy atom. The van der Waals surface area contributed by atoms with Gasteiger partial charge in [-0.15, -0.1) is 0 Å². The van der Waals surface area contributed by atoms with Gasteiger partial charge >= 0.3 is 0 Å². The van der Waals surface area contributed by atoms with E-state index in [2.05, 4.69) is 27.4 Å². The summed E-state index contributed by atoms with van der Waals surface area (Å²) < 4.78 is 0. The molecule has 1 aromatic carbocycles. The van der Waals surface area contributed by atoms with Gasteiger partial charge in [0, 0.05) is 5.02 Å². The van der Waals surface area contributed by atoms with Crippen molar-refractivity contribution in [2.45, 2.75) is 13.0 Å². The van der Waals surface area contributed by atoms with Gasteiger partial charge in [0.05, 0.1) is 6.04 Å². The monoisotopic (exact) mass is 236 g/mol. The van der Waals surface area contributed by atoms with Crippen LogP contribution in [0, 0.1) is 0 Å². The molecule has 1 heterocycles. The molecule has 0 spiro atoms. The molecule has 0 aliphatic carbocycles. The molecule has 2 N–H and O–H groups in total. The van der Waals surface area contributed by atoms with Crippen molar-refractivity contribution in [3.63, 3.8) is 0 Å². The van der Waals surface area contributed by atoms with Crippen molar-refractivity contribution in [3.8, 4) is 0 Å². The van der Waals surface area contributed by atoms with Crippen LogP contribution in [0.4, 0.5) is 0 Å². The number of hydrogen-bond donors (Lipinski definition) is 2. The van der Waals surface area contributed by atoms with Gasteiger partial charge in [0.2, 0.25) is 0 Å². The second-order valence-electron chi connectivity index (χ2n) is 3.41. The van der Waals surface area contributed by atoms with Gasteiger partial charge in [-0.25, -0.2) is 4.98 Å². The van der Waals surface area contributed by atoms with E-state index >= 15 is 0 Å². The predicted octanol–water partition coefficient (Wildman–Crippen LogP) is 2.16. The highest BCUT2D eigenvalue weighted by molar-refractivity contribution is 6.30. The fourth-order valence-electron chi connectivity index (χ4n) is 1.59. The molecule has 4 nitrogen and oxygen atoms in total. The van der Waals surface area contributed by atoms with Gasteiger partial charge in [-0.3, -0.25) is 5.10 Å². The van der Waals surface area contributed by atoms with E-state index in [1.165, 1.54) is 6.33 Å². The lowest BCUT2D eigenvalue weighted by molar-refractivity contribution is 0.600. The van der Waals surface area contributed by atoms with Gasteiger partial charge < -0.3 is 5.32 Å². The molecule has 1 atom stereocenters. The molecule has 2 aromatic rings. The van der Waals surface area contributed by atoms with Crippen LogP contribution in [0.5, 0.6) is 0 Å². The van der Waals surface area contributed by atoms with Gasteiger partial charge in [-0.2, -0.15) is 5.10 Å². The molecular weight excluding hydrogens is 224 g/mol. The second kappa shape index (κ2) is 5.09. The van der Waals surface area contributed by atoms with E-state index in [4.69, 9.17) is 11.6 Å². The smallest absolute Gasteiger partial charge is 0.145 e. The highest BCUT2D eigenvalue weighted by Crippen LogP contribution is 2.20. The minimum atomic E-state index is 0.0322. The Morgan fingerprint density at radius 2 is 2.12 bits per heavy atom. The third-order valence-electron chi connectivity index (χ3n) is 2.32. The van der Waals surface area contributed by atoms with E-state index in [0.29, 0.717) is 0 Å². The molecular formula is C11H13ClN4. The molecule has 0 saturated carbocycles. The van der Waals surface area contributed by atoms with Crippen LogP contribution in [0.25, 0.3) is 0 Å². The average molecular weight is 237 g/mol. The summed E-state index contributed by atoms with van der Waals surface area (Å²) in [6, 6.07) is 7.75. The lowest BCUT2D eigenvalue weighted by Crippen LogP contribution is -2.23. The Kier molecular flexibility index (Phi) is 3.54. The highest BCUT2D eigenvalue weighted by Gasteiger charge is 2.15. The summed E-state index contributed by atoms with van der Waals surface area (Å²) in [4.78, 5) is 4.17. The first kappa shape index (κ1) is 11.1. The summed E-state index contributed by atoms with van der Waals surface area (Å²) in [7, 11) is 0. The zero-order valence-electron chi connectivity index (χ0n) is 8.94. The van der Waals surface area contributed by atoms with Crippen LogP contribution in [0.3, 0.4) is 0 Å². The SMILES string of the molecule is CCNC(c1ccc(Cl)cc1)c1ncn[nH]1. The van der Waals surface area contributed by atoms with Gasteiger partial charge in [0.1, 0.15) is 12.2 Å². The molecule has 84 valence electrons. The fourth-order valence-corrected chi connectivity index (χ4v) is 1.71. The lowest BCUT2D eigenvalue weighted by atomic mass is 10.1. The van der Waals surface area contributed by atoms with Crippen molar-refractivity contribution in [2.24, 2.45) is 0 Å². The van der Waals surface area contributed by atoms with E-state index in [1.54, 1.807) is 0 Å². The third kappa shape index (κ3) is 2.40. The number of benzene rings is 1. The normalized spacial score (nSPS) is 12.6. The number of hydrogen-bond acceptors (Lipinski definition) is 3. The van der Waals surface area contributed by atoms with Crippen LogP contribution in [0.1, 0.15) is 24.4 Å². The number of aromatic amines is 1. The standard InChI is InChI=1S/C11H13ClN4/c1-2-13-10(11-14-7-15-16-11)8-3-5-9(12)6-4-8/h3-7,10,13H,2H2,1H3,(H,14,15,16). The topological polar surface area (TPSA) is 53.6 Å². The number of halogens is 1. The molecule has 5 heteroatoms. The van der Waals surface area contributed by atoms with Crippen LogP contribution in [-0.2, 0) is 0 Å². The maximum atomic E-state index is 5.86. The maximum absolute atomic E-state index is 5.86. The second-order valence-corrected chi connectivity index (χ2v) is 3.85. The molecule has 0 saturated heterocycles. The van der Waals surface area contributed by atoms with Gasteiger partial charge in [-0.05, 0) is 24.2 Å². The molecule has 0 fully saturated rings. The summed E-state index contributed by atoms with van der Waals surface area (Å²) in [6.45, 7) is 2.91. The molecule has 0 aliphatic heterocycles. The van der Waals surface area contributed by atoms with Crippen LogP contribution >= 0.6 is 11.6 Å². The third-order valence-corrected chi connectivity index (χ3v) is 2.57. The Bertz CT molecular complexity index is 424. The fraction of sp³-hybridized carbons (Fsp3) is 0.273. The summed E-state index contributed by atoms with van der Waals surface area (Å²) in [5, 5.41) is 10.8. The predicted molar refractivity (Wildman–Crippen MR) is 63.4 cm³/mol. The summed E-state index contributed by atoms with van der Waals surface area (Å²) >= 11 is 5.86. The highest BCUT2D eigenvalue weighted by atomic mass is 35.5. The van der Waals surface area contributed by atoms with Crippen molar-refractivity contribution in [3.05, 3.63) is 47.0 Å². The molecule has 1 aromatic heterocycles. The van der Waals surface area contributed by atoms with E-state index in [1.807, 2.05) is 24.3 Å². The summed E-state index contributed by atoms with van der Waals surface area (Å²) in [5.41, 5.74) is 1.11. The molecule has 0 radical (unpaired) electrons. The number of rotatable bonds is 4. The van der Waals surface area contributed by atoms with Gasteiger partial charge in [-0.1, -0.05) is 30.7 Å². The molecule has 1 unspecified atom stereocenters. The summed E-state index contributed by atoms with van der Waals surface area (Å²) in [6.07, 6.45) is 1.51. The number of nitrogens with one attached hydrogen (secondary N) is 2.